The predicted molar refractivity (Wildman–Crippen MR) is 80.8 cm³/mol. The van der Waals surface area contributed by atoms with Crippen molar-refractivity contribution in [1.29, 1.82) is 0 Å². The third kappa shape index (κ3) is 2.46. The van der Waals surface area contributed by atoms with Crippen LogP contribution >= 0.6 is 0 Å². The molecule has 4 nitrogen and oxygen atoms in total. The van der Waals surface area contributed by atoms with Gasteiger partial charge in [-0.3, -0.25) is 4.79 Å². The third-order valence-electron chi connectivity index (χ3n) is 3.55. The highest BCUT2D eigenvalue weighted by molar-refractivity contribution is 6.04. The zero-order valence-corrected chi connectivity index (χ0v) is 12.3. The van der Waals surface area contributed by atoms with Crippen LogP contribution in [0.4, 0.5) is 5.69 Å². The lowest BCUT2D eigenvalue weighted by Gasteiger charge is -2.23. The predicted octanol–water partition coefficient (Wildman–Crippen LogP) is 3.15. The Kier molecular flexibility index (Phi) is 3.93. The molecule has 106 valence electrons. The van der Waals surface area contributed by atoms with Gasteiger partial charge in [-0.05, 0) is 39.3 Å². The van der Waals surface area contributed by atoms with Gasteiger partial charge >= 0.3 is 5.63 Å². The second-order valence-electron chi connectivity index (χ2n) is 4.84. The topological polar surface area (TPSA) is 50.5 Å². The van der Waals surface area contributed by atoms with Gasteiger partial charge in [0.25, 0.3) is 0 Å². The van der Waals surface area contributed by atoms with Gasteiger partial charge in [0.05, 0.1) is 5.69 Å². The summed E-state index contributed by atoms with van der Waals surface area (Å²) in [5.41, 5.74) is 2.48. The number of hydrogen-bond donors (Lipinski definition) is 0. The average Bonchev–Trinajstić information content (AvgIpc) is 2.38. The summed E-state index contributed by atoms with van der Waals surface area (Å²) in [7, 11) is 0. The van der Waals surface area contributed by atoms with E-state index in [2.05, 4.69) is 4.90 Å². The van der Waals surface area contributed by atoms with Gasteiger partial charge < -0.3 is 9.32 Å². The van der Waals surface area contributed by atoms with Gasteiger partial charge in [0, 0.05) is 36.2 Å². The van der Waals surface area contributed by atoms with Crippen LogP contribution in [-0.4, -0.2) is 18.9 Å². The van der Waals surface area contributed by atoms with E-state index in [1.165, 1.54) is 6.07 Å². The molecule has 4 heteroatoms. The van der Waals surface area contributed by atoms with Crippen molar-refractivity contribution in [2.45, 2.75) is 27.7 Å². The highest BCUT2D eigenvalue weighted by atomic mass is 16.4. The summed E-state index contributed by atoms with van der Waals surface area (Å²) in [5, 5.41) is 0.811. The Labute approximate surface area is 118 Å². The fourth-order valence-electron chi connectivity index (χ4n) is 2.46. The number of hydrogen-bond acceptors (Lipinski definition) is 4. The van der Waals surface area contributed by atoms with E-state index in [-0.39, 0.29) is 11.4 Å². The van der Waals surface area contributed by atoms with Gasteiger partial charge in [0.1, 0.15) is 5.58 Å². The first-order valence-corrected chi connectivity index (χ1v) is 6.82. The first kappa shape index (κ1) is 14.3. The summed E-state index contributed by atoms with van der Waals surface area (Å²) in [4.78, 5) is 25.5. The number of nitrogens with zero attached hydrogens (tertiary/aromatic N) is 1. The van der Waals surface area contributed by atoms with E-state index < -0.39 is 0 Å². The number of benzene rings is 1. The van der Waals surface area contributed by atoms with Crippen molar-refractivity contribution in [2.75, 3.05) is 18.0 Å². The molecule has 0 aliphatic carbocycles. The van der Waals surface area contributed by atoms with Crippen LogP contribution in [-0.2, 0) is 0 Å². The van der Waals surface area contributed by atoms with Crippen LogP contribution in [0.15, 0.2) is 27.4 Å². The molecule has 2 aromatic rings. The Balaban J connectivity index is 2.82. The van der Waals surface area contributed by atoms with Crippen molar-refractivity contribution < 1.29 is 9.21 Å². The fourth-order valence-corrected chi connectivity index (χ4v) is 2.46. The molecule has 0 aliphatic rings. The van der Waals surface area contributed by atoms with Crippen molar-refractivity contribution >= 4 is 22.4 Å². The van der Waals surface area contributed by atoms with Crippen molar-refractivity contribution in [2.24, 2.45) is 0 Å². The van der Waals surface area contributed by atoms with Crippen LogP contribution in [0.3, 0.4) is 0 Å². The number of carbonyl (C=O) groups is 1. The van der Waals surface area contributed by atoms with Gasteiger partial charge in [-0.2, -0.15) is 0 Å². The molecule has 0 unspecified atom stereocenters. The lowest BCUT2D eigenvalue weighted by Crippen LogP contribution is -2.24. The second-order valence-corrected chi connectivity index (χ2v) is 4.84. The molecule has 1 aromatic heterocycles. The molecule has 0 amide bonds. The normalized spacial score (nSPS) is 10.8. The minimum Gasteiger partial charge on any atom is -0.423 e. The molecule has 2 rings (SSSR count). The van der Waals surface area contributed by atoms with Crippen LogP contribution in [0.1, 0.15) is 36.7 Å². The Morgan fingerprint density at radius 1 is 1.20 bits per heavy atom. The zero-order valence-electron chi connectivity index (χ0n) is 12.3. The summed E-state index contributed by atoms with van der Waals surface area (Å²) in [5.74, 6) is 0.0133. The summed E-state index contributed by atoms with van der Waals surface area (Å²) in [6.45, 7) is 9.05. The van der Waals surface area contributed by atoms with Gasteiger partial charge in [0.15, 0.2) is 5.78 Å². The first-order chi connectivity index (χ1) is 9.47. The standard InChI is InChI=1S/C16H19NO3/c1-5-17(6-2)14-9-15-12(8-13(14)11(4)18)10(3)7-16(19)20-15/h7-9H,5-6H2,1-4H3. The number of anilines is 1. The van der Waals surface area contributed by atoms with Crippen LogP contribution in [0.5, 0.6) is 0 Å². The van der Waals surface area contributed by atoms with Crippen molar-refractivity contribution in [3.63, 3.8) is 0 Å². The number of rotatable bonds is 4. The smallest absolute Gasteiger partial charge is 0.336 e. The summed E-state index contributed by atoms with van der Waals surface area (Å²) in [6, 6.07) is 5.07. The van der Waals surface area contributed by atoms with Gasteiger partial charge in [-0.1, -0.05) is 0 Å². The Hall–Kier alpha value is -2.10. The first-order valence-electron chi connectivity index (χ1n) is 6.82. The van der Waals surface area contributed by atoms with Crippen molar-refractivity contribution in [3.8, 4) is 0 Å². The van der Waals surface area contributed by atoms with Gasteiger partial charge in [-0.25, -0.2) is 4.79 Å². The highest BCUT2D eigenvalue weighted by Crippen LogP contribution is 2.28. The number of carbonyl (C=O) groups excluding carboxylic acids is 1. The molecule has 1 aromatic carbocycles. The van der Waals surface area contributed by atoms with Crippen LogP contribution in [0, 0.1) is 6.92 Å². The van der Waals surface area contributed by atoms with E-state index in [1.807, 2.05) is 26.8 Å². The molecule has 0 N–H and O–H groups in total. The third-order valence-corrected chi connectivity index (χ3v) is 3.55. The second kappa shape index (κ2) is 5.49. The fraction of sp³-hybridized carbons (Fsp3) is 0.375. The quantitative estimate of drug-likeness (QED) is 0.634. The molecule has 1 heterocycles. The maximum atomic E-state index is 11.9. The molecule has 20 heavy (non-hydrogen) atoms. The SMILES string of the molecule is CCN(CC)c1cc2oc(=O)cc(C)c2cc1C(C)=O. The minimum atomic E-state index is -0.365. The van der Waals surface area contributed by atoms with Crippen LogP contribution in [0.25, 0.3) is 11.0 Å². The molecular weight excluding hydrogens is 254 g/mol. The van der Waals surface area contributed by atoms with Gasteiger partial charge in [-0.15, -0.1) is 0 Å². The molecule has 0 fully saturated rings. The monoisotopic (exact) mass is 273 g/mol. The molecule has 0 spiro atoms. The minimum absolute atomic E-state index is 0.0133. The maximum absolute atomic E-state index is 11.9. The van der Waals surface area contributed by atoms with Crippen molar-refractivity contribution in [3.05, 3.63) is 39.7 Å². The van der Waals surface area contributed by atoms with Crippen LogP contribution in [0.2, 0.25) is 0 Å². The number of fused-ring (bicyclic) bond motifs is 1. The maximum Gasteiger partial charge on any atom is 0.336 e. The largest absolute Gasteiger partial charge is 0.423 e. The summed E-state index contributed by atoms with van der Waals surface area (Å²) < 4.78 is 5.26. The van der Waals surface area contributed by atoms with E-state index in [0.29, 0.717) is 11.1 Å². The van der Waals surface area contributed by atoms with E-state index in [1.54, 1.807) is 13.0 Å². The Morgan fingerprint density at radius 3 is 2.40 bits per heavy atom. The van der Waals surface area contributed by atoms with Gasteiger partial charge in [0.2, 0.25) is 0 Å². The summed E-state index contributed by atoms with van der Waals surface area (Å²) >= 11 is 0. The Bertz CT molecular complexity index is 711. The lowest BCUT2D eigenvalue weighted by atomic mass is 10.0. The Morgan fingerprint density at radius 2 is 1.85 bits per heavy atom. The number of aryl methyl sites for hydroxylation is 1. The number of Topliss-reactive ketones (excluding diaryl/α,β-unsaturated/α-hetero) is 1. The van der Waals surface area contributed by atoms with E-state index >= 15 is 0 Å². The van der Waals surface area contributed by atoms with Crippen LogP contribution < -0.4 is 10.5 Å². The average molecular weight is 273 g/mol. The van der Waals surface area contributed by atoms with E-state index in [9.17, 15) is 9.59 Å². The molecule has 0 aliphatic heterocycles. The van der Waals surface area contributed by atoms with Crippen molar-refractivity contribution in [1.82, 2.24) is 0 Å². The number of ketones is 1. The highest BCUT2D eigenvalue weighted by Gasteiger charge is 2.15. The van der Waals surface area contributed by atoms with E-state index in [4.69, 9.17) is 4.42 Å². The molecular formula is C16H19NO3. The lowest BCUT2D eigenvalue weighted by molar-refractivity contribution is 0.101. The summed E-state index contributed by atoms with van der Waals surface area (Å²) in [6.07, 6.45) is 0. The molecule has 0 atom stereocenters. The zero-order chi connectivity index (χ0) is 14.9. The molecule has 0 saturated carbocycles. The molecule has 0 radical (unpaired) electrons. The van der Waals surface area contributed by atoms with E-state index in [0.717, 1.165) is 29.7 Å². The molecule has 0 saturated heterocycles. The molecule has 0 bridgehead atoms.